The molecule has 5 rings (SSSR count). The van der Waals surface area contributed by atoms with Crippen LogP contribution in [0.15, 0.2) is 66.7 Å². The number of halogens is 1. The van der Waals surface area contributed by atoms with E-state index in [0.29, 0.717) is 74.3 Å². The predicted octanol–water partition coefficient (Wildman–Crippen LogP) is 3.61. The average molecular weight is 520 g/mol. The Labute approximate surface area is 220 Å². The van der Waals surface area contributed by atoms with Crippen molar-refractivity contribution < 1.29 is 23.5 Å². The number of nitrogens with one attached hydrogen (secondary N) is 2. The first-order valence-electron chi connectivity index (χ1n) is 12.5. The molecule has 2 aliphatic heterocycles. The third kappa shape index (κ3) is 5.87. The molecular weight excluding hydrogens is 489 g/mol. The van der Waals surface area contributed by atoms with Gasteiger partial charge in [0.2, 0.25) is 0 Å². The van der Waals surface area contributed by atoms with E-state index in [9.17, 15) is 14.0 Å². The number of amides is 2. The Bertz CT molecular complexity index is 1300. The summed E-state index contributed by atoms with van der Waals surface area (Å²) in [7, 11) is 0. The Kier molecular flexibility index (Phi) is 7.71. The SMILES string of the molecule is Nc1ccccc1NC(=O)c1ccc(CNC[C@H]2CN(c3ccc(N4CCOCC4)c(F)c3)C(=O)O2)cc1. The standard InChI is InChI=1S/C28H30FN5O4/c29-23-15-21(9-10-26(23)33-11-13-37-14-12-33)34-18-22(38-28(34)36)17-31-16-19-5-7-20(8-6-19)27(35)32-25-4-2-1-3-24(25)30/h1-10,15,22,31H,11-14,16-18,30H2,(H,32,35)/t22-/m0/s1. The molecule has 3 aromatic carbocycles. The van der Waals surface area contributed by atoms with Crippen LogP contribution in [0.1, 0.15) is 15.9 Å². The van der Waals surface area contributed by atoms with E-state index in [2.05, 4.69) is 10.6 Å². The van der Waals surface area contributed by atoms with Crippen LogP contribution in [0.3, 0.4) is 0 Å². The molecule has 198 valence electrons. The minimum atomic E-state index is -0.496. The van der Waals surface area contributed by atoms with Crippen LogP contribution in [0.2, 0.25) is 0 Å². The molecule has 0 aliphatic carbocycles. The molecule has 38 heavy (non-hydrogen) atoms. The van der Waals surface area contributed by atoms with Gasteiger partial charge in [0, 0.05) is 31.7 Å². The quantitative estimate of drug-likeness (QED) is 0.390. The zero-order valence-corrected chi connectivity index (χ0v) is 20.9. The molecule has 0 spiro atoms. The van der Waals surface area contributed by atoms with E-state index < -0.39 is 6.09 Å². The Morgan fingerprint density at radius 1 is 1.05 bits per heavy atom. The Balaban J connectivity index is 1.11. The molecule has 3 aromatic rings. The summed E-state index contributed by atoms with van der Waals surface area (Å²) in [5.74, 6) is -0.613. The smallest absolute Gasteiger partial charge is 0.414 e. The molecule has 0 radical (unpaired) electrons. The maximum absolute atomic E-state index is 14.8. The lowest BCUT2D eigenvalue weighted by Crippen LogP contribution is -2.36. The number of nitrogens with two attached hydrogens (primary N) is 1. The number of para-hydroxylation sites is 2. The van der Waals surface area contributed by atoms with Crippen molar-refractivity contribution in [2.45, 2.75) is 12.6 Å². The number of benzene rings is 3. The van der Waals surface area contributed by atoms with Gasteiger partial charge in [0.1, 0.15) is 11.9 Å². The van der Waals surface area contributed by atoms with Gasteiger partial charge in [0.15, 0.2) is 0 Å². The fourth-order valence-corrected chi connectivity index (χ4v) is 4.52. The maximum Gasteiger partial charge on any atom is 0.414 e. The summed E-state index contributed by atoms with van der Waals surface area (Å²) in [6, 6.07) is 19.1. The highest BCUT2D eigenvalue weighted by Crippen LogP contribution is 2.28. The lowest BCUT2D eigenvalue weighted by molar-refractivity contribution is 0.102. The molecule has 2 saturated heterocycles. The highest BCUT2D eigenvalue weighted by Gasteiger charge is 2.32. The molecule has 4 N–H and O–H groups in total. The summed E-state index contributed by atoms with van der Waals surface area (Å²) in [6.07, 6.45) is -0.865. The van der Waals surface area contributed by atoms with Crippen LogP contribution in [0.25, 0.3) is 0 Å². The van der Waals surface area contributed by atoms with Crippen LogP contribution in [-0.2, 0) is 16.0 Å². The van der Waals surface area contributed by atoms with Gasteiger partial charge in [-0.15, -0.1) is 0 Å². The normalized spacial score (nSPS) is 17.4. The topological polar surface area (TPSA) is 109 Å². The second-order valence-corrected chi connectivity index (χ2v) is 9.22. The zero-order valence-electron chi connectivity index (χ0n) is 20.9. The fraction of sp³-hybridized carbons (Fsp3) is 0.286. The van der Waals surface area contributed by atoms with E-state index in [-0.39, 0.29) is 17.8 Å². The van der Waals surface area contributed by atoms with Crippen molar-refractivity contribution in [3.8, 4) is 0 Å². The van der Waals surface area contributed by atoms with Crippen molar-refractivity contribution in [1.29, 1.82) is 0 Å². The second-order valence-electron chi connectivity index (χ2n) is 9.22. The van der Waals surface area contributed by atoms with Gasteiger partial charge in [-0.3, -0.25) is 9.69 Å². The average Bonchev–Trinajstić information content (AvgIpc) is 3.31. The van der Waals surface area contributed by atoms with E-state index in [0.717, 1.165) is 5.56 Å². The minimum Gasteiger partial charge on any atom is -0.443 e. The minimum absolute atomic E-state index is 0.241. The summed E-state index contributed by atoms with van der Waals surface area (Å²) in [5.41, 5.74) is 9.43. The Morgan fingerprint density at radius 2 is 1.82 bits per heavy atom. The predicted molar refractivity (Wildman–Crippen MR) is 144 cm³/mol. The van der Waals surface area contributed by atoms with Crippen molar-refractivity contribution in [3.63, 3.8) is 0 Å². The number of rotatable bonds is 8. The van der Waals surface area contributed by atoms with Gasteiger partial charge < -0.3 is 30.7 Å². The first kappa shape index (κ1) is 25.5. The van der Waals surface area contributed by atoms with Crippen LogP contribution in [-0.4, -0.2) is 57.5 Å². The molecule has 2 amide bonds. The third-order valence-corrected chi connectivity index (χ3v) is 6.60. The number of carbonyl (C=O) groups excluding carboxylic acids is 2. The molecule has 0 unspecified atom stereocenters. The molecule has 0 bridgehead atoms. The third-order valence-electron chi connectivity index (χ3n) is 6.60. The van der Waals surface area contributed by atoms with Gasteiger partial charge in [-0.25, -0.2) is 9.18 Å². The number of hydrogen-bond acceptors (Lipinski definition) is 7. The molecule has 1 atom stereocenters. The fourth-order valence-electron chi connectivity index (χ4n) is 4.52. The summed E-state index contributed by atoms with van der Waals surface area (Å²) in [5, 5.41) is 6.09. The van der Waals surface area contributed by atoms with Crippen molar-refractivity contribution in [3.05, 3.63) is 83.7 Å². The molecule has 2 heterocycles. The van der Waals surface area contributed by atoms with Crippen molar-refractivity contribution in [2.24, 2.45) is 0 Å². The maximum atomic E-state index is 14.8. The Hall–Kier alpha value is -4.15. The number of nitrogen functional groups attached to an aromatic ring is 1. The van der Waals surface area contributed by atoms with Crippen molar-refractivity contribution in [2.75, 3.05) is 60.2 Å². The van der Waals surface area contributed by atoms with Gasteiger partial charge in [0.25, 0.3) is 5.91 Å². The summed E-state index contributed by atoms with van der Waals surface area (Å²) >= 11 is 0. The second kappa shape index (κ2) is 11.5. The largest absolute Gasteiger partial charge is 0.443 e. The highest BCUT2D eigenvalue weighted by molar-refractivity contribution is 6.05. The summed E-state index contributed by atoms with van der Waals surface area (Å²) in [6.45, 7) is 3.69. The van der Waals surface area contributed by atoms with E-state index in [4.69, 9.17) is 15.2 Å². The van der Waals surface area contributed by atoms with E-state index in [1.165, 1.54) is 11.0 Å². The van der Waals surface area contributed by atoms with Crippen molar-refractivity contribution >= 4 is 34.7 Å². The summed E-state index contributed by atoms with van der Waals surface area (Å²) < 4.78 is 25.6. The molecule has 9 nitrogen and oxygen atoms in total. The summed E-state index contributed by atoms with van der Waals surface area (Å²) in [4.78, 5) is 28.3. The van der Waals surface area contributed by atoms with E-state index >= 15 is 0 Å². The van der Waals surface area contributed by atoms with Gasteiger partial charge in [-0.2, -0.15) is 0 Å². The highest BCUT2D eigenvalue weighted by atomic mass is 19.1. The number of cyclic esters (lactones) is 1. The van der Waals surface area contributed by atoms with Gasteiger partial charge >= 0.3 is 6.09 Å². The first-order valence-corrected chi connectivity index (χ1v) is 12.5. The Morgan fingerprint density at radius 3 is 2.55 bits per heavy atom. The first-order chi connectivity index (χ1) is 18.5. The number of nitrogens with zero attached hydrogens (tertiary/aromatic N) is 2. The van der Waals surface area contributed by atoms with Gasteiger partial charge in [-0.1, -0.05) is 24.3 Å². The molecule has 10 heteroatoms. The monoisotopic (exact) mass is 519 g/mol. The number of hydrogen-bond donors (Lipinski definition) is 3. The van der Waals surface area contributed by atoms with Crippen LogP contribution in [0, 0.1) is 5.82 Å². The van der Waals surface area contributed by atoms with E-state index in [1.54, 1.807) is 42.5 Å². The number of morpholine rings is 1. The van der Waals surface area contributed by atoms with Gasteiger partial charge in [-0.05, 0) is 48.0 Å². The van der Waals surface area contributed by atoms with Gasteiger partial charge in [0.05, 0.1) is 42.5 Å². The molecular formula is C28H30FN5O4. The van der Waals surface area contributed by atoms with Crippen molar-refractivity contribution in [1.82, 2.24) is 5.32 Å². The number of ether oxygens (including phenoxy) is 2. The van der Waals surface area contributed by atoms with Crippen LogP contribution < -0.4 is 26.2 Å². The lowest BCUT2D eigenvalue weighted by atomic mass is 10.1. The number of carbonyl (C=O) groups is 2. The van der Waals surface area contributed by atoms with E-state index in [1.807, 2.05) is 23.1 Å². The van der Waals surface area contributed by atoms with Crippen LogP contribution in [0.4, 0.5) is 31.9 Å². The lowest BCUT2D eigenvalue weighted by Gasteiger charge is -2.29. The molecule has 2 aliphatic rings. The molecule has 0 aromatic heterocycles. The molecule has 0 saturated carbocycles. The molecule has 2 fully saturated rings. The zero-order chi connectivity index (χ0) is 26.5. The van der Waals surface area contributed by atoms with Crippen LogP contribution in [0.5, 0.6) is 0 Å². The number of anilines is 4. The van der Waals surface area contributed by atoms with Crippen LogP contribution >= 0.6 is 0 Å².